The minimum atomic E-state index is -0.183. The molecule has 0 spiro atoms. The summed E-state index contributed by atoms with van der Waals surface area (Å²) in [4.78, 5) is 12.5. The fourth-order valence-corrected chi connectivity index (χ4v) is 2.96. The van der Waals surface area contributed by atoms with Gasteiger partial charge in [-0.05, 0) is 81.3 Å². The zero-order valence-corrected chi connectivity index (χ0v) is 15.8. The van der Waals surface area contributed by atoms with E-state index in [1.54, 1.807) is 27.7 Å². The number of hydrogen-bond donors (Lipinski definition) is 1. The number of rotatable bonds is 4. The number of hydrogen-bond acceptors (Lipinski definition) is 5. The van der Waals surface area contributed by atoms with E-state index in [9.17, 15) is 4.79 Å². The third-order valence-electron chi connectivity index (χ3n) is 4.00. The van der Waals surface area contributed by atoms with Crippen LogP contribution in [-0.4, -0.2) is 35.9 Å². The quantitative estimate of drug-likeness (QED) is 0.544. The molecule has 0 aliphatic carbocycles. The van der Waals surface area contributed by atoms with Crippen molar-refractivity contribution in [2.75, 3.05) is 5.32 Å². The molecule has 1 amide bonds. The predicted molar refractivity (Wildman–Crippen MR) is 103 cm³/mol. The van der Waals surface area contributed by atoms with Gasteiger partial charge in [0, 0.05) is 17.4 Å². The molecule has 2 aromatic heterocycles. The summed E-state index contributed by atoms with van der Waals surface area (Å²) in [6, 6.07) is 12.8. The number of nitrogens with zero attached hydrogens (tertiary/aromatic N) is 6. The van der Waals surface area contributed by atoms with Gasteiger partial charge in [0.2, 0.25) is 0 Å². The van der Waals surface area contributed by atoms with E-state index in [0.29, 0.717) is 11.3 Å². The van der Waals surface area contributed by atoms with Crippen LogP contribution in [0.4, 0.5) is 5.69 Å². The van der Waals surface area contributed by atoms with Gasteiger partial charge in [0.05, 0.1) is 22.0 Å². The summed E-state index contributed by atoms with van der Waals surface area (Å²) in [6.07, 6.45) is 5.09. The van der Waals surface area contributed by atoms with Crippen LogP contribution >= 0.6 is 15.9 Å². The first-order chi connectivity index (χ1) is 13.1. The molecule has 0 radical (unpaired) electrons. The van der Waals surface area contributed by atoms with Crippen molar-refractivity contribution in [3.8, 4) is 11.4 Å². The minimum absolute atomic E-state index is 0.183. The van der Waals surface area contributed by atoms with Crippen LogP contribution in [-0.2, 0) is 0 Å². The lowest BCUT2D eigenvalue weighted by molar-refractivity contribution is 0.102. The highest BCUT2D eigenvalue weighted by Crippen LogP contribution is 2.19. The van der Waals surface area contributed by atoms with Crippen molar-refractivity contribution >= 4 is 27.5 Å². The number of benzene rings is 2. The highest BCUT2D eigenvalue weighted by atomic mass is 79.9. The van der Waals surface area contributed by atoms with Crippen LogP contribution in [0.3, 0.4) is 0 Å². The molecule has 0 aliphatic rings. The molecule has 134 valence electrons. The van der Waals surface area contributed by atoms with E-state index in [-0.39, 0.29) is 5.91 Å². The molecule has 27 heavy (non-hydrogen) atoms. The monoisotopic (exact) mass is 423 g/mol. The van der Waals surface area contributed by atoms with Gasteiger partial charge in [-0.3, -0.25) is 4.79 Å². The Hall–Kier alpha value is -3.33. The third-order valence-corrected chi connectivity index (χ3v) is 4.41. The number of amides is 1. The zero-order chi connectivity index (χ0) is 18.8. The lowest BCUT2D eigenvalue weighted by atomic mass is 10.1. The third kappa shape index (κ3) is 3.63. The SMILES string of the molecule is Cc1cc(NC(=O)c2ccc(-n3cc(Br)cn3)cc2)ccc1-n1cnnn1. The second-order valence-electron chi connectivity index (χ2n) is 5.86. The minimum Gasteiger partial charge on any atom is -0.322 e. The molecule has 2 heterocycles. The number of tetrazole rings is 1. The standard InChI is InChI=1S/C18H14BrN7O/c1-12-8-15(4-7-17(12)26-11-20-23-24-26)22-18(27)13-2-5-16(6-3-13)25-10-14(19)9-21-25/h2-11H,1H3,(H,22,27). The predicted octanol–water partition coefficient (Wildman–Crippen LogP) is 3.17. The highest BCUT2D eigenvalue weighted by Gasteiger charge is 2.09. The Kier molecular flexibility index (Phi) is 4.51. The normalized spacial score (nSPS) is 10.7. The van der Waals surface area contributed by atoms with E-state index in [1.807, 2.05) is 43.5 Å². The summed E-state index contributed by atoms with van der Waals surface area (Å²) in [5.74, 6) is -0.183. The zero-order valence-electron chi connectivity index (χ0n) is 14.2. The average Bonchev–Trinajstić information content (AvgIpc) is 3.34. The van der Waals surface area contributed by atoms with Crippen molar-refractivity contribution in [1.82, 2.24) is 30.0 Å². The van der Waals surface area contributed by atoms with Crippen LogP contribution in [0.15, 0.2) is 65.7 Å². The fraction of sp³-hybridized carbons (Fsp3) is 0.0556. The van der Waals surface area contributed by atoms with Crippen LogP contribution in [0.5, 0.6) is 0 Å². The molecule has 0 saturated heterocycles. The molecule has 0 aliphatic heterocycles. The molecular formula is C18H14BrN7O. The lowest BCUT2D eigenvalue weighted by Crippen LogP contribution is -2.12. The molecule has 0 atom stereocenters. The maximum absolute atomic E-state index is 12.5. The topological polar surface area (TPSA) is 90.5 Å². The average molecular weight is 424 g/mol. The molecule has 0 saturated carbocycles. The number of carbonyl (C=O) groups excluding carboxylic acids is 1. The number of aromatic nitrogens is 6. The summed E-state index contributed by atoms with van der Waals surface area (Å²) in [5, 5.41) is 18.3. The van der Waals surface area contributed by atoms with Crippen molar-refractivity contribution in [3.05, 3.63) is 76.8 Å². The molecular weight excluding hydrogens is 410 g/mol. The van der Waals surface area contributed by atoms with Crippen molar-refractivity contribution in [3.63, 3.8) is 0 Å². The van der Waals surface area contributed by atoms with Gasteiger partial charge in [-0.2, -0.15) is 5.10 Å². The highest BCUT2D eigenvalue weighted by molar-refractivity contribution is 9.10. The van der Waals surface area contributed by atoms with E-state index in [1.165, 1.54) is 6.33 Å². The van der Waals surface area contributed by atoms with Crippen molar-refractivity contribution < 1.29 is 4.79 Å². The Bertz CT molecular complexity index is 1090. The van der Waals surface area contributed by atoms with Gasteiger partial charge in [-0.15, -0.1) is 5.10 Å². The first kappa shape index (κ1) is 17.1. The van der Waals surface area contributed by atoms with Gasteiger partial charge >= 0.3 is 0 Å². The van der Waals surface area contributed by atoms with E-state index >= 15 is 0 Å². The van der Waals surface area contributed by atoms with Gasteiger partial charge in [0.15, 0.2) is 0 Å². The first-order valence-corrected chi connectivity index (χ1v) is 8.85. The van der Waals surface area contributed by atoms with Gasteiger partial charge in [0.25, 0.3) is 5.91 Å². The fourth-order valence-electron chi connectivity index (χ4n) is 2.67. The molecule has 0 unspecified atom stereocenters. The van der Waals surface area contributed by atoms with Crippen molar-refractivity contribution in [2.24, 2.45) is 0 Å². The molecule has 4 aromatic rings. The molecule has 9 heteroatoms. The van der Waals surface area contributed by atoms with Crippen LogP contribution in [0.1, 0.15) is 15.9 Å². The summed E-state index contributed by atoms with van der Waals surface area (Å²) in [6.45, 7) is 1.93. The summed E-state index contributed by atoms with van der Waals surface area (Å²) in [7, 11) is 0. The lowest BCUT2D eigenvalue weighted by Gasteiger charge is -2.10. The Morgan fingerprint density at radius 3 is 2.56 bits per heavy atom. The van der Waals surface area contributed by atoms with E-state index in [0.717, 1.165) is 21.4 Å². The Morgan fingerprint density at radius 2 is 1.93 bits per heavy atom. The summed E-state index contributed by atoms with van der Waals surface area (Å²) >= 11 is 3.37. The van der Waals surface area contributed by atoms with E-state index < -0.39 is 0 Å². The summed E-state index contributed by atoms with van der Waals surface area (Å²) < 4.78 is 4.20. The Labute approximate surface area is 163 Å². The van der Waals surface area contributed by atoms with Gasteiger partial charge < -0.3 is 5.32 Å². The second-order valence-corrected chi connectivity index (χ2v) is 6.78. The number of anilines is 1. The van der Waals surface area contributed by atoms with Crippen LogP contribution in [0.25, 0.3) is 11.4 Å². The van der Waals surface area contributed by atoms with Gasteiger partial charge in [-0.1, -0.05) is 0 Å². The first-order valence-electron chi connectivity index (χ1n) is 8.06. The summed E-state index contributed by atoms with van der Waals surface area (Å²) in [5.41, 5.74) is 3.94. The van der Waals surface area contributed by atoms with Gasteiger partial charge in [-0.25, -0.2) is 9.36 Å². The second kappa shape index (κ2) is 7.12. The smallest absolute Gasteiger partial charge is 0.255 e. The largest absolute Gasteiger partial charge is 0.322 e. The van der Waals surface area contributed by atoms with Gasteiger partial charge in [0.1, 0.15) is 6.33 Å². The van der Waals surface area contributed by atoms with E-state index in [2.05, 4.69) is 41.9 Å². The molecule has 2 aromatic carbocycles. The number of aryl methyl sites for hydroxylation is 1. The number of halogens is 1. The van der Waals surface area contributed by atoms with Crippen LogP contribution < -0.4 is 5.32 Å². The molecule has 0 bridgehead atoms. The molecule has 0 fully saturated rings. The van der Waals surface area contributed by atoms with E-state index in [4.69, 9.17) is 0 Å². The number of nitrogens with one attached hydrogen (secondary N) is 1. The van der Waals surface area contributed by atoms with Crippen LogP contribution in [0, 0.1) is 6.92 Å². The molecule has 1 N–H and O–H groups in total. The Balaban J connectivity index is 1.50. The number of carbonyl (C=O) groups is 1. The van der Waals surface area contributed by atoms with Crippen LogP contribution in [0.2, 0.25) is 0 Å². The maximum Gasteiger partial charge on any atom is 0.255 e. The van der Waals surface area contributed by atoms with Crippen molar-refractivity contribution in [2.45, 2.75) is 6.92 Å². The molecule has 4 rings (SSSR count). The maximum atomic E-state index is 12.5. The van der Waals surface area contributed by atoms with Crippen molar-refractivity contribution in [1.29, 1.82) is 0 Å². The Morgan fingerprint density at radius 1 is 1.11 bits per heavy atom. The molecule has 8 nitrogen and oxygen atoms in total.